The van der Waals surface area contributed by atoms with Crippen molar-refractivity contribution in [1.29, 1.82) is 0 Å². The number of anilines is 1. The van der Waals surface area contributed by atoms with E-state index >= 15 is 0 Å². The molecule has 0 aliphatic carbocycles. The highest BCUT2D eigenvalue weighted by molar-refractivity contribution is 5.91. The molecule has 0 bridgehead atoms. The number of aromatic amines is 1. The number of benzene rings is 2. The smallest absolute Gasteiger partial charge is 0.322 e. The van der Waals surface area contributed by atoms with E-state index in [0.29, 0.717) is 58.0 Å². The summed E-state index contributed by atoms with van der Waals surface area (Å²) in [5.74, 6) is -0.0175. The Kier molecular flexibility index (Phi) is 9.81. The summed E-state index contributed by atoms with van der Waals surface area (Å²) in [5.41, 5.74) is 5.07. The van der Waals surface area contributed by atoms with Crippen molar-refractivity contribution in [2.75, 3.05) is 64.2 Å². The number of H-pyrrole nitrogens is 1. The zero-order valence-electron chi connectivity index (χ0n) is 28.0. The van der Waals surface area contributed by atoms with E-state index in [1.54, 1.807) is 6.20 Å². The molecule has 3 aromatic rings. The second-order valence-corrected chi connectivity index (χ2v) is 13.9. The first-order valence-electron chi connectivity index (χ1n) is 17.8. The molecule has 12 heteroatoms. The van der Waals surface area contributed by atoms with Crippen LogP contribution in [0.5, 0.6) is 0 Å². The average Bonchev–Trinajstić information content (AvgIpc) is 3.35. The Labute approximate surface area is 282 Å². The van der Waals surface area contributed by atoms with Crippen molar-refractivity contribution in [3.8, 4) is 0 Å². The van der Waals surface area contributed by atoms with Crippen LogP contribution in [0.3, 0.4) is 0 Å². The molecular weight excluding hydrogens is 606 g/mol. The summed E-state index contributed by atoms with van der Waals surface area (Å²) in [5, 5.41) is 18.0. The molecule has 1 aromatic heterocycles. The van der Waals surface area contributed by atoms with Gasteiger partial charge < -0.3 is 30.7 Å². The third-order valence-corrected chi connectivity index (χ3v) is 10.8. The Bertz CT molecular complexity index is 1610. The van der Waals surface area contributed by atoms with Gasteiger partial charge in [0.1, 0.15) is 6.04 Å². The van der Waals surface area contributed by atoms with Crippen LogP contribution in [-0.2, 0) is 17.6 Å². The minimum atomic E-state index is -0.681. The minimum Gasteiger partial charge on any atom is -0.340 e. The largest absolute Gasteiger partial charge is 0.340 e. The molecule has 4 N–H and O–H groups in total. The molecule has 256 valence electrons. The molecule has 5 amide bonds. The van der Waals surface area contributed by atoms with Gasteiger partial charge in [-0.05, 0) is 87.4 Å². The topological polar surface area (TPSA) is 129 Å². The summed E-state index contributed by atoms with van der Waals surface area (Å²) < 4.78 is 0. The van der Waals surface area contributed by atoms with Gasteiger partial charge in [-0.25, -0.2) is 9.59 Å². The van der Waals surface area contributed by atoms with Crippen molar-refractivity contribution in [1.82, 2.24) is 40.4 Å². The minimum absolute atomic E-state index is 0.0175. The number of aryl methyl sites for hydroxylation is 1. The molecule has 7 rings (SSSR count). The van der Waals surface area contributed by atoms with E-state index in [0.717, 1.165) is 85.1 Å². The number of carbonyl (C=O) groups is 3. The SMILES string of the molecule is Cc1cc(CC(NC(=O)N2CCC(N3CCc4ccccc4NC3=O)CC2)C(=O)N2CCCN(C3CCNCC3)CC2)cc2cn[nH]c12. The van der Waals surface area contributed by atoms with E-state index in [9.17, 15) is 14.4 Å². The number of hydrogen-bond donors (Lipinski definition) is 4. The van der Waals surface area contributed by atoms with Gasteiger partial charge in [0.2, 0.25) is 5.91 Å². The quantitative estimate of drug-likeness (QED) is 0.323. The Morgan fingerprint density at radius 3 is 2.58 bits per heavy atom. The number of urea groups is 2. The van der Waals surface area contributed by atoms with Crippen molar-refractivity contribution in [3.63, 3.8) is 0 Å². The Morgan fingerprint density at radius 1 is 0.938 bits per heavy atom. The first-order chi connectivity index (χ1) is 23.4. The standard InChI is InChI=1S/C36H49N9O3/c1-25-21-26(22-28-24-38-41-33(25)28)23-32(34(46)43-15-4-14-42(19-20-43)29-7-12-37-13-8-29)40-35(47)44-16-10-30(11-17-44)45-18-9-27-5-2-3-6-31(27)39-36(45)48/h2-3,5-6,21-22,24,29-30,32,37H,4,7-20,23H2,1H3,(H,38,41)(H,39,48)(H,40,47). The molecule has 1 unspecified atom stereocenters. The predicted octanol–water partition coefficient (Wildman–Crippen LogP) is 3.33. The fourth-order valence-electron chi connectivity index (χ4n) is 8.14. The average molecular weight is 656 g/mol. The van der Waals surface area contributed by atoms with Gasteiger partial charge in [0.15, 0.2) is 0 Å². The van der Waals surface area contributed by atoms with E-state index in [1.165, 1.54) is 0 Å². The summed E-state index contributed by atoms with van der Waals surface area (Å²) in [7, 11) is 0. The number of rotatable bonds is 6. The van der Waals surface area contributed by atoms with Gasteiger partial charge in [-0.2, -0.15) is 5.10 Å². The van der Waals surface area contributed by atoms with Crippen LogP contribution < -0.4 is 16.0 Å². The molecule has 3 fully saturated rings. The molecule has 0 radical (unpaired) electrons. The highest BCUT2D eigenvalue weighted by atomic mass is 16.2. The Balaban J connectivity index is 1.01. The predicted molar refractivity (Wildman–Crippen MR) is 186 cm³/mol. The van der Waals surface area contributed by atoms with E-state index in [2.05, 4.69) is 49.2 Å². The van der Waals surface area contributed by atoms with Gasteiger partial charge in [0.05, 0.1) is 11.7 Å². The van der Waals surface area contributed by atoms with Crippen molar-refractivity contribution in [2.45, 2.75) is 70.0 Å². The highest BCUT2D eigenvalue weighted by Gasteiger charge is 2.34. The number of fused-ring (bicyclic) bond motifs is 2. The van der Waals surface area contributed by atoms with Crippen LogP contribution in [0, 0.1) is 6.92 Å². The normalized spacial score (nSPS) is 20.9. The number of nitrogens with one attached hydrogen (secondary N) is 4. The van der Waals surface area contributed by atoms with Crippen LogP contribution in [0.1, 0.15) is 48.8 Å². The Hall–Kier alpha value is -4.16. The number of para-hydroxylation sites is 1. The maximum absolute atomic E-state index is 14.3. The van der Waals surface area contributed by atoms with Crippen molar-refractivity contribution in [3.05, 3.63) is 59.3 Å². The monoisotopic (exact) mass is 655 g/mol. The maximum Gasteiger partial charge on any atom is 0.322 e. The van der Waals surface area contributed by atoms with Gasteiger partial charge >= 0.3 is 12.1 Å². The van der Waals surface area contributed by atoms with Gasteiger partial charge in [0, 0.05) is 75.4 Å². The molecule has 48 heavy (non-hydrogen) atoms. The number of piperidine rings is 2. The number of likely N-dealkylation sites (tertiary alicyclic amines) is 1. The zero-order valence-corrected chi connectivity index (χ0v) is 28.0. The van der Waals surface area contributed by atoms with Gasteiger partial charge in [-0.1, -0.05) is 24.3 Å². The Morgan fingerprint density at radius 2 is 1.75 bits per heavy atom. The molecule has 4 aliphatic rings. The lowest BCUT2D eigenvalue weighted by Crippen LogP contribution is -2.56. The number of nitrogens with zero attached hydrogens (tertiary/aromatic N) is 5. The number of aromatic nitrogens is 2. The lowest BCUT2D eigenvalue weighted by atomic mass is 10.00. The first-order valence-corrected chi connectivity index (χ1v) is 17.8. The fraction of sp³-hybridized carbons (Fsp3) is 0.556. The summed E-state index contributed by atoms with van der Waals surface area (Å²) in [6.45, 7) is 9.08. The van der Waals surface area contributed by atoms with E-state index in [4.69, 9.17) is 0 Å². The molecule has 5 heterocycles. The fourth-order valence-corrected chi connectivity index (χ4v) is 8.14. The highest BCUT2D eigenvalue weighted by Crippen LogP contribution is 2.25. The molecule has 12 nitrogen and oxygen atoms in total. The van der Waals surface area contributed by atoms with Crippen LogP contribution in [-0.4, -0.2) is 125 Å². The summed E-state index contributed by atoms with van der Waals surface area (Å²) in [4.78, 5) is 49.5. The van der Waals surface area contributed by atoms with Gasteiger partial charge in [-0.3, -0.25) is 14.8 Å². The van der Waals surface area contributed by atoms with E-state index < -0.39 is 6.04 Å². The molecule has 3 saturated heterocycles. The second kappa shape index (κ2) is 14.5. The summed E-state index contributed by atoms with van der Waals surface area (Å²) >= 11 is 0. The first kappa shape index (κ1) is 32.4. The van der Waals surface area contributed by atoms with Crippen molar-refractivity contribution < 1.29 is 14.4 Å². The third-order valence-electron chi connectivity index (χ3n) is 10.8. The van der Waals surface area contributed by atoms with Crippen LogP contribution in [0.2, 0.25) is 0 Å². The van der Waals surface area contributed by atoms with Crippen LogP contribution in [0.4, 0.5) is 15.3 Å². The van der Waals surface area contributed by atoms with Crippen LogP contribution >= 0.6 is 0 Å². The molecule has 2 aromatic carbocycles. The summed E-state index contributed by atoms with van der Waals surface area (Å²) in [6, 6.07) is 11.8. The molecule has 0 spiro atoms. The number of amides is 5. The third kappa shape index (κ3) is 7.14. The van der Waals surface area contributed by atoms with Crippen LogP contribution in [0.25, 0.3) is 10.9 Å². The maximum atomic E-state index is 14.3. The lowest BCUT2D eigenvalue weighted by molar-refractivity contribution is -0.133. The van der Waals surface area contributed by atoms with E-state index in [-0.39, 0.29) is 24.0 Å². The molecule has 0 saturated carbocycles. The molecule has 4 aliphatic heterocycles. The van der Waals surface area contributed by atoms with Crippen LogP contribution in [0.15, 0.2) is 42.6 Å². The lowest BCUT2D eigenvalue weighted by Gasteiger charge is -2.38. The summed E-state index contributed by atoms with van der Waals surface area (Å²) in [6.07, 6.45) is 7.64. The molecule has 1 atom stereocenters. The van der Waals surface area contributed by atoms with Gasteiger partial charge in [0.25, 0.3) is 0 Å². The van der Waals surface area contributed by atoms with Crippen molar-refractivity contribution >= 4 is 34.6 Å². The molecular formula is C36H49N9O3. The second-order valence-electron chi connectivity index (χ2n) is 13.9. The van der Waals surface area contributed by atoms with Gasteiger partial charge in [-0.15, -0.1) is 0 Å². The zero-order chi connectivity index (χ0) is 33.0. The van der Waals surface area contributed by atoms with Crippen molar-refractivity contribution in [2.24, 2.45) is 0 Å². The number of carbonyl (C=O) groups excluding carboxylic acids is 3. The van der Waals surface area contributed by atoms with E-state index in [1.807, 2.05) is 39.8 Å². The number of hydrogen-bond acceptors (Lipinski definition) is 6.